The lowest BCUT2D eigenvalue weighted by atomic mass is 9.99. The number of nitrogens with zero attached hydrogens (tertiary/aromatic N) is 3. The highest BCUT2D eigenvalue weighted by molar-refractivity contribution is 6.32. The summed E-state index contributed by atoms with van der Waals surface area (Å²) in [6.07, 6.45) is 3.32. The molecule has 1 aromatic heterocycles. The van der Waals surface area contributed by atoms with Crippen molar-refractivity contribution in [3.8, 4) is 5.75 Å². The van der Waals surface area contributed by atoms with Crippen molar-refractivity contribution in [2.45, 2.75) is 38.5 Å². The highest BCUT2D eigenvalue weighted by Crippen LogP contribution is 2.27. The molecule has 0 bridgehead atoms. The van der Waals surface area contributed by atoms with Crippen LogP contribution in [0.15, 0.2) is 42.6 Å². The summed E-state index contributed by atoms with van der Waals surface area (Å²) in [4.78, 5) is 8.94. The molecule has 0 aliphatic carbocycles. The number of likely N-dealkylation sites (N-methyl/N-ethyl adjacent to an activating group) is 1. The lowest BCUT2D eigenvalue weighted by Gasteiger charge is -2.40. The summed E-state index contributed by atoms with van der Waals surface area (Å²) < 4.78 is 5.50. The summed E-state index contributed by atoms with van der Waals surface area (Å²) in [6.45, 7) is 5.86. The second-order valence-corrected chi connectivity index (χ2v) is 7.82. The molecule has 152 valence electrons. The van der Waals surface area contributed by atoms with Crippen LogP contribution in [0.3, 0.4) is 0 Å². The number of hydrogen-bond acceptors (Lipinski definition) is 5. The molecule has 28 heavy (non-hydrogen) atoms. The van der Waals surface area contributed by atoms with Crippen LogP contribution in [0.2, 0.25) is 5.02 Å². The zero-order valence-corrected chi connectivity index (χ0v) is 17.5. The van der Waals surface area contributed by atoms with Gasteiger partial charge in [-0.2, -0.15) is 0 Å². The van der Waals surface area contributed by atoms with Gasteiger partial charge in [0, 0.05) is 50.5 Å². The number of halogens is 1. The zero-order chi connectivity index (χ0) is 19.9. The molecule has 0 spiro atoms. The Bertz CT molecular complexity index is 744. The number of benzene rings is 1. The Hall–Kier alpha value is -1.66. The van der Waals surface area contributed by atoms with Crippen LogP contribution in [-0.2, 0) is 13.0 Å². The average Bonchev–Trinajstić information content (AvgIpc) is 2.69. The van der Waals surface area contributed by atoms with Crippen molar-refractivity contribution in [1.82, 2.24) is 14.8 Å². The van der Waals surface area contributed by atoms with E-state index in [-0.39, 0.29) is 12.1 Å². The summed E-state index contributed by atoms with van der Waals surface area (Å²) in [5, 5.41) is 11.4. The predicted octanol–water partition coefficient (Wildman–Crippen LogP) is 3.24. The van der Waals surface area contributed by atoms with E-state index in [2.05, 4.69) is 27.9 Å². The molecule has 1 N–H and O–H groups in total. The first-order chi connectivity index (χ1) is 13.6. The first kappa shape index (κ1) is 21.1. The monoisotopic (exact) mass is 403 g/mol. The predicted molar refractivity (Wildman–Crippen MR) is 113 cm³/mol. The van der Waals surface area contributed by atoms with Gasteiger partial charge in [0.2, 0.25) is 0 Å². The molecule has 0 radical (unpaired) electrons. The maximum atomic E-state index is 10.7. The molecule has 6 heteroatoms. The third-order valence-corrected chi connectivity index (χ3v) is 5.64. The molecule has 2 aromatic rings. The maximum Gasteiger partial charge on any atom is 0.137 e. The lowest BCUT2D eigenvalue weighted by Crippen LogP contribution is -2.53. The quantitative estimate of drug-likeness (QED) is 0.733. The Balaban J connectivity index is 1.49. The molecule has 1 fully saturated rings. The Morgan fingerprint density at radius 2 is 2.18 bits per heavy atom. The van der Waals surface area contributed by atoms with Crippen molar-refractivity contribution in [1.29, 1.82) is 0 Å². The number of piperidine rings is 1. The van der Waals surface area contributed by atoms with Gasteiger partial charge < -0.3 is 14.7 Å². The topological polar surface area (TPSA) is 48.8 Å². The number of β-amino-alcohol motifs (C(OH)–C–C–N with tert-alkyl or cyclic N) is 1. The van der Waals surface area contributed by atoms with Crippen LogP contribution >= 0.6 is 11.6 Å². The van der Waals surface area contributed by atoms with E-state index in [1.165, 1.54) is 0 Å². The minimum atomic E-state index is -0.361. The largest absolute Gasteiger partial charge is 0.492 e. The number of pyridine rings is 1. The molecule has 1 aromatic carbocycles. The van der Waals surface area contributed by atoms with Crippen molar-refractivity contribution in [3.63, 3.8) is 0 Å². The van der Waals surface area contributed by atoms with Gasteiger partial charge in [-0.05, 0) is 50.2 Å². The number of likely N-dealkylation sites (tertiary alicyclic amines) is 1. The van der Waals surface area contributed by atoms with Gasteiger partial charge >= 0.3 is 0 Å². The molecule has 2 atom stereocenters. The summed E-state index contributed by atoms with van der Waals surface area (Å²) in [5.41, 5.74) is 2.23. The van der Waals surface area contributed by atoms with Crippen LogP contribution in [0.4, 0.5) is 0 Å². The van der Waals surface area contributed by atoms with E-state index in [1.54, 1.807) is 0 Å². The van der Waals surface area contributed by atoms with Crippen molar-refractivity contribution >= 4 is 11.6 Å². The Kier molecular flexibility index (Phi) is 7.68. The number of hydrogen-bond donors (Lipinski definition) is 1. The summed E-state index contributed by atoms with van der Waals surface area (Å²) in [5.74, 6) is 0.723. The molecule has 3 rings (SSSR count). The molecular weight excluding hydrogens is 374 g/mol. The molecule has 0 saturated carbocycles. The van der Waals surface area contributed by atoms with Gasteiger partial charge in [-0.25, -0.2) is 0 Å². The van der Waals surface area contributed by atoms with Crippen LogP contribution in [0.1, 0.15) is 24.6 Å². The highest BCUT2D eigenvalue weighted by Gasteiger charge is 2.30. The van der Waals surface area contributed by atoms with E-state index in [4.69, 9.17) is 16.3 Å². The van der Waals surface area contributed by atoms with E-state index >= 15 is 0 Å². The maximum absolute atomic E-state index is 10.7. The standard InChI is InChI=1S/C22H30ClN3O2/c1-3-28-22-8-7-17(14-19(22)23)15-26-13-10-20(21(27)16-26)25(2)12-9-18-6-4-5-11-24-18/h4-8,11,14,20-21,27H,3,9-10,12-13,15-16H2,1-2H3/t20-,21-/m1/s1. The number of ether oxygens (including phenoxy) is 1. The summed E-state index contributed by atoms with van der Waals surface area (Å²) in [7, 11) is 2.10. The average molecular weight is 404 g/mol. The van der Waals surface area contributed by atoms with E-state index in [1.807, 2.05) is 43.5 Å². The van der Waals surface area contributed by atoms with Crippen molar-refractivity contribution < 1.29 is 9.84 Å². The fraction of sp³-hybridized carbons (Fsp3) is 0.500. The summed E-state index contributed by atoms with van der Waals surface area (Å²) in [6, 6.07) is 12.1. The van der Waals surface area contributed by atoms with Crippen molar-refractivity contribution in [2.75, 3.05) is 33.3 Å². The SMILES string of the molecule is CCOc1ccc(CN2CC[C@@H](N(C)CCc3ccccn3)[C@H](O)C2)cc1Cl. The second-order valence-electron chi connectivity index (χ2n) is 7.41. The minimum absolute atomic E-state index is 0.184. The first-order valence-electron chi connectivity index (χ1n) is 9.98. The van der Waals surface area contributed by atoms with Crippen LogP contribution in [0.5, 0.6) is 5.75 Å². The van der Waals surface area contributed by atoms with Gasteiger partial charge in [0.25, 0.3) is 0 Å². The Morgan fingerprint density at radius 1 is 1.32 bits per heavy atom. The fourth-order valence-corrected chi connectivity index (χ4v) is 4.08. The van der Waals surface area contributed by atoms with Crippen LogP contribution in [0, 0.1) is 0 Å². The molecule has 1 aliphatic heterocycles. The lowest BCUT2D eigenvalue weighted by molar-refractivity contribution is -0.00619. The smallest absolute Gasteiger partial charge is 0.137 e. The fourth-order valence-electron chi connectivity index (χ4n) is 3.82. The van der Waals surface area contributed by atoms with Crippen LogP contribution < -0.4 is 4.74 Å². The van der Waals surface area contributed by atoms with E-state index in [0.717, 1.165) is 49.5 Å². The van der Waals surface area contributed by atoms with Gasteiger partial charge in [-0.1, -0.05) is 23.7 Å². The van der Waals surface area contributed by atoms with Crippen LogP contribution in [-0.4, -0.2) is 65.3 Å². The minimum Gasteiger partial charge on any atom is -0.492 e. The second kappa shape index (κ2) is 10.2. The molecule has 5 nitrogen and oxygen atoms in total. The number of aliphatic hydroxyl groups is 1. The highest BCUT2D eigenvalue weighted by atomic mass is 35.5. The van der Waals surface area contributed by atoms with E-state index in [9.17, 15) is 5.11 Å². The van der Waals surface area contributed by atoms with Crippen molar-refractivity contribution in [2.24, 2.45) is 0 Å². The number of rotatable bonds is 8. The van der Waals surface area contributed by atoms with E-state index in [0.29, 0.717) is 18.2 Å². The van der Waals surface area contributed by atoms with Gasteiger partial charge in [0.1, 0.15) is 5.75 Å². The van der Waals surface area contributed by atoms with Crippen molar-refractivity contribution in [3.05, 3.63) is 58.9 Å². The molecular formula is C22H30ClN3O2. The van der Waals surface area contributed by atoms with Gasteiger partial charge in [-0.3, -0.25) is 9.88 Å². The van der Waals surface area contributed by atoms with Gasteiger partial charge in [-0.15, -0.1) is 0 Å². The number of aromatic nitrogens is 1. The normalized spacial score (nSPS) is 20.5. The molecule has 0 amide bonds. The summed E-state index contributed by atoms with van der Waals surface area (Å²) >= 11 is 6.30. The zero-order valence-electron chi connectivity index (χ0n) is 16.7. The van der Waals surface area contributed by atoms with Crippen LogP contribution in [0.25, 0.3) is 0 Å². The Morgan fingerprint density at radius 3 is 2.86 bits per heavy atom. The molecule has 1 saturated heterocycles. The van der Waals surface area contributed by atoms with Gasteiger partial charge in [0.05, 0.1) is 17.7 Å². The molecule has 2 heterocycles. The number of aliphatic hydroxyl groups excluding tert-OH is 1. The third-order valence-electron chi connectivity index (χ3n) is 5.35. The van der Waals surface area contributed by atoms with Gasteiger partial charge in [0.15, 0.2) is 0 Å². The first-order valence-corrected chi connectivity index (χ1v) is 10.4. The van der Waals surface area contributed by atoms with E-state index < -0.39 is 0 Å². The Labute approximate surface area is 172 Å². The molecule has 0 unspecified atom stereocenters. The third kappa shape index (κ3) is 5.67. The molecule has 1 aliphatic rings.